The Balaban J connectivity index is 2.26. The standard InChI is InChI=1S/C15H17NOS/c1-11(16)10-12-6-2-4-8-14(12)18-15-9-5-3-7-13(15)17/h2-9,11,17H,10,16H2,1H3. The van der Waals surface area contributed by atoms with Crippen molar-refractivity contribution in [3.05, 3.63) is 54.1 Å². The van der Waals surface area contributed by atoms with E-state index in [0.717, 1.165) is 16.2 Å². The number of nitrogens with two attached hydrogens (primary N) is 1. The Hall–Kier alpha value is -1.45. The smallest absolute Gasteiger partial charge is 0.129 e. The molecule has 0 spiro atoms. The normalized spacial score (nSPS) is 12.3. The van der Waals surface area contributed by atoms with Gasteiger partial charge in [-0.1, -0.05) is 42.1 Å². The second-order valence-corrected chi connectivity index (χ2v) is 5.44. The molecule has 2 nitrogen and oxygen atoms in total. The van der Waals surface area contributed by atoms with Crippen LogP contribution in [0, 0.1) is 0 Å². The van der Waals surface area contributed by atoms with Crippen molar-refractivity contribution in [2.45, 2.75) is 29.2 Å². The van der Waals surface area contributed by atoms with E-state index in [1.54, 1.807) is 17.8 Å². The van der Waals surface area contributed by atoms with Crippen LogP contribution in [-0.2, 0) is 6.42 Å². The Morgan fingerprint density at radius 3 is 2.33 bits per heavy atom. The van der Waals surface area contributed by atoms with Crippen molar-refractivity contribution in [1.82, 2.24) is 0 Å². The first kappa shape index (κ1) is 13.0. The van der Waals surface area contributed by atoms with Gasteiger partial charge in [0.05, 0.1) is 4.90 Å². The Kier molecular flexibility index (Phi) is 4.28. The minimum absolute atomic E-state index is 0.135. The van der Waals surface area contributed by atoms with Gasteiger partial charge < -0.3 is 10.8 Å². The molecule has 3 N–H and O–H groups in total. The molecule has 94 valence electrons. The van der Waals surface area contributed by atoms with Crippen molar-refractivity contribution in [3.8, 4) is 5.75 Å². The molecule has 0 saturated carbocycles. The molecule has 3 heteroatoms. The molecule has 0 aliphatic heterocycles. The summed E-state index contributed by atoms with van der Waals surface area (Å²) in [5.74, 6) is 0.318. The van der Waals surface area contributed by atoms with Crippen molar-refractivity contribution in [1.29, 1.82) is 0 Å². The third-order valence-corrected chi connectivity index (χ3v) is 3.78. The Morgan fingerprint density at radius 2 is 1.67 bits per heavy atom. The van der Waals surface area contributed by atoms with Crippen LogP contribution in [0.3, 0.4) is 0 Å². The third kappa shape index (κ3) is 3.28. The van der Waals surface area contributed by atoms with E-state index in [2.05, 4.69) is 12.1 Å². The maximum absolute atomic E-state index is 9.80. The number of benzene rings is 2. The van der Waals surface area contributed by atoms with Crippen LogP contribution >= 0.6 is 11.8 Å². The van der Waals surface area contributed by atoms with E-state index in [-0.39, 0.29) is 6.04 Å². The number of para-hydroxylation sites is 1. The lowest BCUT2D eigenvalue weighted by molar-refractivity contribution is 0.462. The summed E-state index contributed by atoms with van der Waals surface area (Å²) in [4.78, 5) is 2.02. The molecule has 0 bridgehead atoms. The van der Waals surface area contributed by atoms with E-state index in [9.17, 15) is 5.11 Å². The van der Waals surface area contributed by atoms with Crippen molar-refractivity contribution in [2.75, 3.05) is 0 Å². The summed E-state index contributed by atoms with van der Waals surface area (Å²) < 4.78 is 0. The number of rotatable bonds is 4. The number of phenols is 1. The molecule has 2 aromatic rings. The fourth-order valence-electron chi connectivity index (χ4n) is 1.78. The van der Waals surface area contributed by atoms with E-state index in [1.807, 2.05) is 37.3 Å². The second kappa shape index (κ2) is 5.94. The molecule has 0 heterocycles. The molecule has 0 aromatic heterocycles. The number of aromatic hydroxyl groups is 1. The highest BCUT2D eigenvalue weighted by atomic mass is 32.2. The van der Waals surface area contributed by atoms with Gasteiger partial charge in [-0.3, -0.25) is 0 Å². The van der Waals surface area contributed by atoms with Crippen molar-refractivity contribution >= 4 is 11.8 Å². The van der Waals surface area contributed by atoms with Gasteiger partial charge in [0.25, 0.3) is 0 Å². The lowest BCUT2D eigenvalue weighted by Crippen LogP contribution is -2.18. The number of hydrogen-bond donors (Lipinski definition) is 2. The Bertz CT molecular complexity index is 525. The van der Waals surface area contributed by atoms with Gasteiger partial charge in [-0.2, -0.15) is 0 Å². The predicted octanol–water partition coefficient (Wildman–Crippen LogP) is 3.43. The summed E-state index contributed by atoms with van der Waals surface area (Å²) in [7, 11) is 0. The lowest BCUT2D eigenvalue weighted by Gasteiger charge is -2.11. The zero-order valence-electron chi connectivity index (χ0n) is 10.3. The first-order valence-electron chi connectivity index (χ1n) is 5.96. The molecule has 0 aliphatic rings. The van der Waals surface area contributed by atoms with Crippen LogP contribution in [0.15, 0.2) is 58.3 Å². The number of phenolic OH excluding ortho intramolecular Hbond substituents is 1. The van der Waals surface area contributed by atoms with Gasteiger partial charge in [-0.05, 0) is 37.1 Å². The summed E-state index contributed by atoms with van der Waals surface area (Å²) in [5, 5.41) is 9.80. The quantitative estimate of drug-likeness (QED) is 0.884. The fraction of sp³-hybridized carbons (Fsp3) is 0.200. The lowest BCUT2D eigenvalue weighted by atomic mass is 10.1. The third-order valence-electron chi connectivity index (χ3n) is 2.60. The van der Waals surface area contributed by atoms with Crippen LogP contribution in [0.1, 0.15) is 12.5 Å². The summed E-state index contributed by atoms with van der Waals surface area (Å²) >= 11 is 1.58. The summed E-state index contributed by atoms with van der Waals surface area (Å²) in [6.45, 7) is 2.00. The maximum Gasteiger partial charge on any atom is 0.129 e. The highest BCUT2D eigenvalue weighted by molar-refractivity contribution is 7.99. The second-order valence-electron chi connectivity index (χ2n) is 4.36. The average Bonchev–Trinajstić information content (AvgIpc) is 2.34. The maximum atomic E-state index is 9.80. The van der Waals surface area contributed by atoms with Gasteiger partial charge in [-0.15, -0.1) is 0 Å². The molecule has 18 heavy (non-hydrogen) atoms. The number of hydrogen-bond acceptors (Lipinski definition) is 3. The van der Waals surface area contributed by atoms with Crippen LogP contribution < -0.4 is 5.73 Å². The molecular weight excluding hydrogens is 242 g/mol. The van der Waals surface area contributed by atoms with Crippen LogP contribution in [0.2, 0.25) is 0 Å². The predicted molar refractivity (Wildman–Crippen MR) is 76.0 cm³/mol. The molecular formula is C15H17NOS. The van der Waals surface area contributed by atoms with E-state index < -0.39 is 0 Å². The average molecular weight is 259 g/mol. The molecule has 0 aliphatic carbocycles. The van der Waals surface area contributed by atoms with Crippen molar-refractivity contribution in [2.24, 2.45) is 5.73 Å². The molecule has 0 amide bonds. The summed E-state index contributed by atoms with van der Waals surface area (Å²) in [6, 6.07) is 15.7. The molecule has 1 atom stereocenters. The Morgan fingerprint density at radius 1 is 1.06 bits per heavy atom. The van der Waals surface area contributed by atoms with Gasteiger partial charge in [0, 0.05) is 10.9 Å². The molecule has 0 fully saturated rings. The van der Waals surface area contributed by atoms with Crippen molar-refractivity contribution < 1.29 is 5.11 Å². The van der Waals surface area contributed by atoms with Crippen LogP contribution in [-0.4, -0.2) is 11.1 Å². The fourth-order valence-corrected chi connectivity index (χ4v) is 2.77. The largest absolute Gasteiger partial charge is 0.507 e. The van der Waals surface area contributed by atoms with Gasteiger partial charge in [-0.25, -0.2) is 0 Å². The molecule has 2 aromatic carbocycles. The molecule has 1 unspecified atom stereocenters. The van der Waals surface area contributed by atoms with E-state index in [4.69, 9.17) is 5.73 Å². The van der Waals surface area contributed by atoms with Gasteiger partial charge in [0.2, 0.25) is 0 Å². The van der Waals surface area contributed by atoms with Crippen molar-refractivity contribution in [3.63, 3.8) is 0 Å². The van der Waals surface area contributed by atoms with E-state index in [1.165, 1.54) is 5.56 Å². The summed E-state index contributed by atoms with van der Waals surface area (Å²) in [6.07, 6.45) is 0.844. The van der Waals surface area contributed by atoms with Crippen LogP contribution in [0.4, 0.5) is 0 Å². The minimum Gasteiger partial charge on any atom is -0.507 e. The molecule has 0 radical (unpaired) electrons. The zero-order valence-corrected chi connectivity index (χ0v) is 11.2. The van der Waals surface area contributed by atoms with E-state index in [0.29, 0.717) is 5.75 Å². The van der Waals surface area contributed by atoms with Crippen LogP contribution in [0.25, 0.3) is 0 Å². The molecule has 0 saturated heterocycles. The summed E-state index contributed by atoms with van der Waals surface area (Å²) in [5.41, 5.74) is 7.08. The first-order chi connectivity index (χ1) is 8.66. The van der Waals surface area contributed by atoms with Gasteiger partial charge in [0.1, 0.15) is 5.75 Å². The van der Waals surface area contributed by atoms with E-state index >= 15 is 0 Å². The zero-order chi connectivity index (χ0) is 13.0. The van der Waals surface area contributed by atoms with Crippen LogP contribution in [0.5, 0.6) is 5.75 Å². The Labute approximate surface area is 112 Å². The van der Waals surface area contributed by atoms with Gasteiger partial charge in [0.15, 0.2) is 0 Å². The SMILES string of the molecule is CC(N)Cc1ccccc1Sc1ccccc1O. The highest BCUT2D eigenvalue weighted by Crippen LogP contribution is 2.35. The molecule has 2 rings (SSSR count). The monoisotopic (exact) mass is 259 g/mol. The minimum atomic E-state index is 0.135. The highest BCUT2D eigenvalue weighted by Gasteiger charge is 2.08. The first-order valence-corrected chi connectivity index (χ1v) is 6.78. The topological polar surface area (TPSA) is 46.2 Å². The van der Waals surface area contributed by atoms with Gasteiger partial charge >= 0.3 is 0 Å².